The summed E-state index contributed by atoms with van der Waals surface area (Å²) in [6.07, 6.45) is 8.92. The van der Waals surface area contributed by atoms with E-state index in [4.69, 9.17) is 0 Å². The van der Waals surface area contributed by atoms with Gasteiger partial charge in [0.05, 0.1) is 11.9 Å². The molecule has 20 heavy (non-hydrogen) atoms. The van der Waals surface area contributed by atoms with Crippen LogP contribution in [-0.2, 0) is 6.54 Å². The molecular weight excluding hydrogens is 252 g/mol. The van der Waals surface area contributed by atoms with Crippen molar-refractivity contribution in [3.05, 3.63) is 36.3 Å². The lowest BCUT2D eigenvalue weighted by atomic mass is 10.0. The summed E-state index contributed by atoms with van der Waals surface area (Å²) in [5.41, 5.74) is 3.21. The van der Waals surface area contributed by atoms with E-state index in [9.17, 15) is 5.11 Å². The second-order valence-corrected chi connectivity index (χ2v) is 5.37. The Kier molecular flexibility index (Phi) is 4.08. The maximum absolute atomic E-state index is 9.36. The second kappa shape index (κ2) is 6.15. The minimum absolute atomic E-state index is 0.276. The standard InChI is InChI=1S/C15H20N4O/c20-10-12-3-1-5-14(12)17-8-13-9-18-19-15(13)11-4-2-6-16-7-11/h2,4,6-7,9,12,14,17,20H,1,3,5,8,10H2,(H,18,19). The molecule has 5 nitrogen and oxygen atoms in total. The first kappa shape index (κ1) is 13.3. The van der Waals surface area contributed by atoms with Crippen molar-refractivity contribution in [3.8, 4) is 11.3 Å². The molecule has 1 aliphatic rings. The summed E-state index contributed by atoms with van der Waals surface area (Å²) in [4.78, 5) is 4.14. The molecule has 1 fully saturated rings. The summed E-state index contributed by atoms with van der Waals surface area (Å²) in [6.45, 7) is 1.04. The van der Waals surface area contributed by atoms with Crippen LogP contribution in [0.5, 0.6) is 0 Å². The fourth-order valence-corrected chi connectivity index (χ4v) is 2.97. The smallest absolute Gasteiger partial charge is 0.0710 e. The molecule has 0 spiro atoms. The Morgan fingerprint density at radius 3 is 3.10 bits per heavy atom. The van der Waals surface area contributed by atoms with Crippen LogP contribution >= 0.6 is 0 Å². The SMILES string of the molecule is OCC1CCCC1NCc1cn[nH]c1-c1cccnc1. The van der Waals surface area contributed by atoms with Gasteiger partial charge in [0.15, 0.2) is 0 Å². The van der Waals surface area contributed by atoms with Gasteiger partial charge >= 0.3 is 0 Å². The molecule has 1 saturated carbocycles. The van der Waals surface area contributed by atoms with E-state index in [1.807, 2.05) is 24.5 Å². The molecule has 2 heterocycles. The van der Waals surface area contributed by atoms with Gasteiger partial charge in [0.25, 0.3) is 0 Å². The lowest BCUT2D eigenvalue weighted by Gasteiger charge is -2.18. The molecule has 0 amide bonds. The van der Waals surface area contributed by atoms with Crippen LogP contribution in [0, 0.1) is 5.92 Å². The van der Waals surface area contributed by atoms with E-state index >= 15 is 0 Å². The third-order valence-electron chi connectivity index (χ3n) is 4.12. The monoisotopic (exact) mass is 272 g/mol. The van der Waals surface area contributed by atoms with Crippen molar-refractivity contribution in [1.29, 1.82) is 0 Å². The van der Waals surface area contributed by atoms with E-state index in [-0.39, 0.29) is 6.61 Å². The molecule has 0 bridgehead atoms. The third kappa shape index (κ3) is 2.73. The molecule has 0 saturated heterocycles. The third-order valence-corrected chi connectivity index (χ3v) is 4.12. The summed E-state index contributed by atoms with van der Waals surface area (Å²) >= 11 is 0. The van der Waals surface area contributed by atoms with Gasteiger partial charge in [-0.3, -0.25) is 10.1 Å². The van der Waals surface area contributed by atoms with Crippen LogP contribution in [0.25, 0.3) is 11.3 Å². The highest BCUT2D eigenvalue weighted by atomic mass is 16.3. The first-order chi connectivity index (χ1) is 9.88. The molecule has 2 aromatic rings. The van der Waals surface area contributed by atoms with Gasteiger partial charge < -0.3 is 10.4 Å². The van der Waals surface area contributed by atoms with Gasteiger partial charge in [-0.15, -0.1) is 0 Å². The molecule has 0 aliphatic heterocycles. The lowest BCUT2D eigenvalue weighted by molar-refractivity contribution is 0.205. The number of rotatable bonds is 5. The highest BCUT2D eigenvalue weighted by Gasteiger charge is 2.26. The second-order valence-electron chi connectivity index (χ2n) is 5.37. The van der Waals surface area contributed by atoms with Crippen LogP contribution < -0.4 is 5.32 Å². The first-order valence-corrected chi connectivity index (χ1v) is 7.15. The van der Waals surface area contributed by atoms with Crippen LogP contribution in [0.15, 0.2) is 30.7 Å². The number of hydrogen-bond acceptors (Lipinski definition) is 4. The van der Waals surface area contributed by atoms with Crippen molar-refractivity contribution in [3.63, 3.8) is 0 Å². The molecule has 1 aliphatic carbocycles. The van der Waals surface area contributed by atoms with Gasteiger partial charge in [-0.1, -0.05) is 6.42 Å². The summed E-state index contributed by atoms with van der Waals surface area (Å²) in [5, 5.41) is 20.1. The van der Waals surface area contributed by atoms with E-state index in [1.165, 1.54) is 6.42 Å². The van der Waals surface area contributed by atoms with Gasteiger partial charge in [0, 0.05) is 42.7 Å². The minimum Gasteiger partial charge on any atom is -0.396 e. The fourth-order valence-electron chi connectivity index (χ4n) is 2.97. The largest absolute Gasteiger partial charge is 0.396 e. The molecule has 3 N–H and O–H groups in total. The zero-order valence-electron chi connectivity index (χ0n) is 11.4. The van der Waals surface area contributed by atoms with Crippen molar-refractivity contribution >= 4 is 0 Å². The van der Waals surface area contributed by atoms with E-state index in [1.54, 1.807) is 6.20 Å². The fraction of sp³-hybridized carbons (Fsp3) is 0.467. The van der Waals surface area contributed by atoms with Gasteiger partial charge in [0.1, 0.15) is 0 Å². The van der Waals surface area contributed by atoms with Crippen LogP contribution in [0.2, 0.25) is 0 Å². The van der Waals surface area contributed by atoms with Crippen molar-refractivity contribution < 1.29 is 5.11 Å². The Bertz CT molecular complexity index is 540. The van der Waals surface area contributed by atoms with Crippen LogP contribution in [0.3, 0.4) is 0 Å². The summed E-state index contributed by atoms with van der Waals surface area (Å²) < 4.78 is 0. The molecule has 0 aromatic carbocycles. The molecular formula is C15H20N4O. The normalized spacial score (nSPS) is 22.2. The Morgan fingerprint density at radius 1 is 1.35 bits per heavy atom. The first-order valence-electron chi connectivity index (χ1n) is 7.15. The van der Waals surface area contributed by atoms with Gasteiger partial charge in [-0.25, -0.2) is 0 Å². The number of hydrogen-bond donors (Lipinski definition) is 3. The van der Waals surface area contributed by atoms with Crippen molar-refractivity contribution in [2.45, 2.75) is 31.8 Å². The molecule has 5 heteroatoms. The molecule has 2 atom stereocenters. The van der Waals surface area contributed by atoms with Crippen LogP contribution in [0.1, 0.15) is 24.8 Å². The van der Waals surface area contributed by atoms with Crippen molar-refractivity contribution in [2.75, 3.05) is 6.61 Å². The lowest BCUT2D eigenvalue weighted by Crippen LogP contribution is -2.33. The number of aliphatic hydroxyl groups excluding tert-OH is 1. The molecule has 106 valence electrons. The van der Waals surface area contributed by atoms with E-state index in [0.717, 1.165) is 36.2 Å². The average molecular weight is 272 g/mol. The molecule has 2 unspecified atom stereocenters. The minimum atomic E-state index is 0.276. The summed E-state index contributed by atoms with van der Waals surface area (Å²) in [5.74, 6) is 0.392. The predicted molar refractivity (Wildman–Crippen MR) is 76.9 cm³/mol. The Morgan fingerprint density at radius 2 is 2.30 bits per heavy atom. The number of nitrogens with one attached hydrogen (secondary N) is 2. The molecule has 3 rings (SSSR count). The van der Waals surface area contributed by atoms with Crippen molar-refractivity contribution in [2.24, 2.45) is 5.92 Å². The van der Waals surface area contributed by atoms with Crippen LogP contribution in [-0.4, -0.2) is 32.9 Å². The Labute approximate surface area is 118 Å². The van der Waals surface area contributed by atoms with E-state index < -0.39 is 0 Å². The highest BCUT2D eigenvalue weighted by molar-refractivity contribution is 5.61. The molecule has 2 aromatic heterocycles. The number of aromatic amines is 1. The number of aliphatic hydroxyl groups is 1. The van der Waals surface area contributed by atoms with Gasteiger partial charge in [0.2, 0.25) is 0 Å². The van der Waals surface area contributed by atoms with Crippen LogP contribution in [0.4, 0.5) is 0 Å². The highest BCUT2D eigenvalue weighted by Crippen LogP contribution is 2.26. The average Bonchev–Trinajstić information content (AvgIpc) is 3.14. The zero-order chi connectivity index (χ0) is 13.8. The quantitative estimate of drug-likeness (QED) is 0.775. The Hall–Kier alpha value is -1.72. The summed E-state index contributed by atoms with van der Waals surface area (Å²) in [6, 6.07) is 4.36. The maximum atomic E-state index is 9.36. The topological polar surface area (TPSA) is 73.8 Å². The van der Waals surface area contributed by atoms with E-state index in [2.05, 4.69) is 20.5 Å². The number of pyridine rings is 1. The predicted octanol–water partition coefficient (Wildman–Crippen LogP) is 1.72. The molecule has 0 radical (unpaired) electrons. The zero-order valence-corrected chi connectivity index (χ0v) is 11.4. The maximum Gasteiger partial charge on any atom is 0.0710 e. The summed E-state index contributed by atoms with van der Waals surface area (Å²) in [7, 11) is 0. The van der Waals surface area contributed by atoms with E-state index in [0.29, 0.717) is 12.0 Å². The van der Waals surface area contributed by atoms with Gasteiger partial charge in [-0.05, 0) is 30.9 Å². The Balaban J connectivity index is 1.68. The van der Waals surface area contributed by atoms with Gasteiger partial charge in [-0.2, -0.15) is 5.10 Å². The number of aromatic nitrogens is 3. The number of H-pyrrole nitrogens is 1. The van der Waals surface area contributed by atoms with Crippen molar-refractivity contribution in [1.82, 2.24) is 20.5 Å². The number of nitrogens with zero attached hydrogens (tertiary/aromatic N) is 2.